The predicted molar refractivity (Wildman–Crippen MR) is 134 cm³/mol. The van der Waals surface area contributed by atoms with Gasteiger partial charge < -0.3 is 30.4 Å². The Morgan fingerprint density at radius 1 is 1.00 bits per heavy atom. The molecule has 2 aliphatic rings. The Hall–Kier alpha value is -2.77. The van der Waals surface area contributed by atoms with Gasteiger partial charge in [-0.15, -0.1) is 0 Å². The Kier molecular flexibility index (Phi) is 7.95. The monoisotopic (exact) mass is 467 g/mol. The summed E-state index contributed by atoms with van der Waals surface area (Å²) in [5.74, 6) is 0.831. The fourth-order valence-electron chi connectivity index (χ4n) is 5.20. The maximum absolute atomic E-state index is 13.0. The Bertz CT molecular complexity index is 924. The van der Waals surface area contributed by atoms with Crippen LogP contribution in [0.1, 0.15) is 50.7 Å². The third-order valence-corrected chi connectivity index (χ3v) is 7.29. The lowest BCUT2D eigenvalue weighted by Crippen LogP contribution is -2.49. The molecule has 3 unspecified atom stereocenters. The Morgan fingerprint density at radius 3 is 2.32 bits per heavy atom. The van der Waals surface area contributed by atoms with Crippen molar-refractivity contribution < 1.29 is 20.1 Å². The number of carbonyl (C=O) groups excluding carboxylic acids is 1. The number of carbonyl (C=O) groups is 1. The summed E-state index contributed by atoms with van der Waals surface area (Å²) in [5, 5.41) is 33.0. The van der Waals surface area contributed by atoms with Gasteiger partial charge in [0.1, 0.15) is 12.0 Å². The van der Waals surface area contributed by atoms with Crippen LogP contribution >= 0.6 is 0 Å². The van der Waals surface area contributed by atoms with Gasteiger partial charge >= 0.3 is 0 Å². The molecule has 0 bridgehead atoms. The molecule has 1 amide bonds. The Labute approximate surface area is 202 Å². The van der Waals surface area contributed by atoms with E-state index in [1.54, 1.807) is 31.2 Å². The number of piperazine rings is 1. The minimum Gasteiger partial charge on any atom is -0.508 e. The highest BCUT2D eigenvalue weighted by Gasteiger charge is 2.30. The number of aliphatic hydroxyl groups excluding tert-OH is 2. The maximum Gasteiger partial charge on any atom is 0.222 e. The lowest BCUT2D eigenvalue weighted by atomic mass is 9.78. The lowest BCUT2D eigenvalue weighted by Gasteiger charge is -2.38. The van der Waals surface area contributed by atoms with Crippen molar-refractivity contribution in [1.29, 1.82) is 0 Å². The van der Waals surface area contributed by atoms with Crippen LogP contribution in [0.4, 0.5) is 11.4 Å². The van der Waals surface area contributed by atoms with Crippen LogP contribution in [0.3, 0.4) is 0 Å². The maximum atomic E-state index is 13.0. The molecule has 1 aliphatic heterocycles. The number of nitrogens with one attached hydrogen (secondary N) is 1. The molecule has 4 atom stereocenters. The highest BCUT2D eigenvalue weighted by Crippen LogP contribution is 2.34. The summed E-state index contributed by atoms with van der Waals surface area (Å²) in [6, 6.07) is 14.7. The number of aromatic hydroxyl groups is 1. The van der Waals surface area contributed by atoms with Gasteiger partial charge in [0.05, 0.1) is 6.10 Å². The third kappa shape index (κ3) is 6.21. The second-order valence-corrected chi connectivity index (χ2v) is 9.77. The molecule has 0 radical (unpaired) electrons. The first-order valence-corrected chi connectivity index (χ1v) is 12.4. The van der Waals surface area contributed by atoms with Gasteiger partial charge in [-0.3, -0.25) is 4.79 Å². The summed E-state index contributed by atoms with van der Waals surface area (Å²) < 4.78 is 0. The average molecular weight is 468 g/mol. The molecule has 2 aromatic rings. The van der Waals surface area contributed by atoms with E-state index in [1.807, 2.05) is 29.2 Å². The molecule has 2 fully saturated rings. The summed E-state index contributed by atoms with van der Waals surface area (Å²) >= 11 is 0. The van der Waals surface area contributed by atoms with Crippen molar-refractivity contribution in [3.63, 3.8) is 0 Å². The zero-order chi connectivity index (χ0) is 24.1. The van der Waals surface area contributed by atoms with E-state index in [2.05, 4.69) is 10.2 Å². The van der Waals surface area contributed by atoms with E-state index in [1.165, 1.54) is 0 Å². The molecular formula is C27H37N3O4. The molecule has 4 N–H and O–H groups in total. The van der Waals surface area contributed by atoms with Gasteiger partial charge in [-0.1, -0.05) is 18.6 Å². The molecule has 34 heavy (non-hydrogen) atoms. The second kappa shape index (κ2) is 11.1. The van der Waals surface area contributed by atoms with Gasteiger partial charge in [0.15, 0.2) is 0 Å². The molecule has 4 rings (SSSR count). The standard InChI is InChI=1S/C27H37N3O4/c1-19(31)21-5-9-24(10-6-21)29-13-15-30(16-14-29)26(33)18-20-3-2-4-22(17-20)27(34)28-23-7-11-25(32)12-8-23/h5-12,19-20,22,27-28,31-32,34H,2-4,13-18H2,1H3/t19?,20?,22-,27?/m1/s1. The number of rotatable bonds is 7. The number of anilines is 2. The van der Waals surface area contributed by atoms with Crippen LogP contribution in [0.5, 0.6) is 5.75 Å². The number of phenols is 1. The zero-order valence-corrected chi connectivity index (χ0v) is 19.9. The van der Waals surface area contributed by atoms with Crippen molar-refractivity contribution in [3.8, 4) is 5.75 Å². The molecule has 7 nitrogen and oxygen atoms in total. The molecule has 0 aromatic heterocycles. The topological polar surface area (TPSA) is 96.3 Å². The molecule has 1 heterocycles. The van der Waals surface area contributed by atoms with Crippen LogP contribution in [-0.2, 0) is 4.79 Å². The van der Waals surface area contributed by atoms with Crippen LogP contribution in [-0.4, -0.2) is 58.5 Å². The first-order chi connectivity index (χ1) is 16.4. The largest absolute Gasteiger partial charge is 0.508 e. The normalized spacial score (nSPS) is 22.8. The van der Waals surface area contributed by atoms with Gasteiger partial charge in [-0.05, 0) is 74.1 Å². The van der Waals surface area contributed by atoms with Crippen LogP contribution in [0.2, 0.25) is 0 Å². The highest BCUT2D eigenvalue weighted by atomic mass is 16.3. The molecule has 1 saturated carbocycles. The van der Waals surface area contributed by atoms with Crippen molar-refractivity contribution in [3.05, 3.63) is 54.1 Å². The summed E-state index contributed by atoms with van der Waals surface area (Å²) in [5.41, 5.74) is 2.82. The molecule has 2 aromatic carbocycles. The highest BCUT2D eigenvalue weighted by molar-refractivity contribution is 5.76. The molecular weight excluding hydrogens is 430 g/mol. The number of aliphatic hydroxyl groups is 2. The Balaban J connectivity index is 1.24. The van der Waals surface area contributed by atoms with Gasteiger partial charge in [-0.2, -0.15) is 0 Å². The van der Waals surface area contributed by atoms with E-state index < -0.39 is 12.3 Å². The van der Waals surface area contributed by atoms with E-state index in [-0.39, 0.29) is 17.6 Å². The molecule has 0 spiro atoms. The van der Waals surface area contributed by atoms with Crippen LogP contribution in [0.25, 0.3) is 0 Å². The van der Waals surface area contributed by atoms with E-state index >= 15 is 0 Å². The van der Waals surface area contributed by atoms with E-state index in [9.17, 15) is 20.1 Å². The van der Waals surface area contributed by atoms with Gasteiger partial charge in [-0.25, -0.2) is 0 Å². The van der Waals surface area contributed by atoms with Crippen molar-refractivity contribution in [2.24, 2.45) is 11.8 Å². The quantitative estimate of drug-likeness (QED) is 0.366. The number of nitrogens with zero attached hydrogens (tertiary/aromatic N) is 2. The van der Waals surface area contributed by atoms with Crippen molar-refractivity contribution in [2.45, 2.75) is 51.4 Å². The third-order valence-electron chi connectivity index (χ3n) is 7.29. The molecule has 7 heteroatoms. The van der Waals surface area contributed by atoms with Crippen LogP contribution < -0.4 is 10.2 Å². The first kappa shape index (κ1) is 24.4. The van der Waals surface area contributed by atoms with E-state index in [0.29, 0.717) is 12.3 Å². The summed E-state index contributed by atoms with van der Waals surface area (Å²) in [7, 11) is 0. The molecule has 184 valence electrons. The first-order valence-electron chi connectivity index (χ1n) is 12.4. The number of benzene rings is 2. The fraction of sp³-hybridized carbons (Fsp3) is 0.519. The van der Waals surface area contributed by atoms with E-state index in [0.717, 1.165) is 68.8 Å². The summed E-state index contributed by atoms with van der Waals surface area (Å²) in [6.45, 7) is 4.82. The van der Waals surface area contributed by atoms with Crippen LogP contribution in [0.15, 0.2) is 48.5 Å². The summed E-state index contributed by atoms with van der Waals surface area (Å²) in [6.07, 6.45) is 3.26. The van der Waals surface area contributed by atoms with E-state index in [4.69, 9.17) is 0 Å². The minimum absolute atomic E-state index is 0.113. The van der Waals surface area contributed by atoms with Crippen molar-refractivity contribution in [2.75, 3.05) is 36.4 Å². The summed E-state index contributed by atoms with van der Waals surface area (Å²) in [4.78, 5) is 17.3. The number of phenolic OH excluding ortho intramolecular Hbond substituents is 1. The number of amides is 1. The van der Waals surface area contributed by atoms with Gasteiger partial charge in [0.2, 0.25) is 5.91 Å². The number of hydrogen-bond donors (Lipinski definition) is 4. The van der Waals surface area contributed by atoms with Crippen molar-refractivity contribution in [1.82, 2.24) is 4.90 Å². The lowest BCUT2D eigenvalue weighted by molar-refractivity contribution is -0.133. The zero-order valence-electron chi connectivity index (χ0n) is 19.9. The second-order valence-electron chi connectivity index (χ2n) is 9.77. The van der Waals surface area contributed by atoms with Crippen molar-refractivity contribution >= 4 is 17.3 Å². The fourth-order valence-corrected chi connectivity index (χ4v) is 5.20. The average Bonchev–Trinajstić information content (AvgIpc) is 2.85. The Morgan fingerprint density at radius 2 is 1.68 bits per heavy atom. The molecule has 1 aliphatic carbocycles. The van der Waals surface area contributed by atoms with Crippen LogP contribution in [0, 0.1) is 11.8 Å². The van der Waals surface area contributed by atoms with Gasteiger partial charge in [0, 0.05) is 49.9 Å². The SMILES string of the molecule is CC(O)c1ccc(N2CCN(C(=O)CC3CCC[C@@H](C(O)Nc4ccc(O)cc4)C3)CC2)cc1. The molecule has 1 saturated heterocycles. The predicted octanol–water partition coefficient (Wildman–Crippen LogP) is 3.72. The number of hydrogen-bond acceptors (Lipinski definition) is 6. The minimum atomic E-state index is -0.661. The smallest absolute Gasteiger partial charge is 0.222 e. The van der Waals surface area contributed by atoms with Gasteiger partial charge in [0.25, 0.3) is 0 Å².